The molecule has 28 heavy (non-hydrogen) atoms. The summed E-state index contributed by atoms with van der Waals surface area (Å²) in [5.41, 5.74) is 7.48. The van der Waals surface area contributed by atoms with Crippen LogP contribution in [-0.2, 0) is 4.74 Å². The predicted molar refractivity (Wildman–Crippen MR) is 113 cm³/mol. The van der Waals surface area contributed by atoms with Crippen LogP contribution < -0.4 is 5.43 Å². The van der Waals surface area contributed by atoms with Crippen molar-refractivity contribution >= 4 is 39.6 Å². The number of nitrogens with one attached hydrogen (secondary N) is 2. The van der Waals surface area contributed by atoms with Gasteiger partial charge in [0.25, 0.3) is 0 Å². The van der Waals surface area contributed by atoms with Crippen LogP contribution >= 0.6 is 11.3 Å². The van der Waals surface area contributed by atoms with E-state index in [9.17, 15) is 4.79 Å². The van der Waals surface area contributed by atoms with Crippen molar-refractivity contribution in [2.24, 2.45) is 5.10 Å². The molecule has 7 heteroatoms. The summed E-state index contributed by atoms with van der Waals surface area (Å²) in [5.74, 6) is -0.416. The van der Waals surface area contributed by atoms with Gasteiger partial charge in [-0.2, -0.15) is 5.10 Å². The van der Waals surface area contributed by atoms with Crippen LogP contribution in [0, 0.1) is 6.92 Å². The average Bonchev–Trinajstić information content (AvgIpc) is 3.29. The third-order valence-electron chi connectivity index (χ3n) is 4.34. The summed E-state index contributed by atoms with van der Waals surface area (Å²) in [6, 6.07) is 17.6. The molecule has 0 atom stereocenters. The van der Waals surface area contributed by atoms with Crippen LogP contribution in [0.5, 0.6) is 0 Å². The lowest BCUT2D eigenvalue weighted by Gasteiger charge is -1.99. The molecular weight excluding hydrogens is 372 g/mol. The number of ether oxygens (including phenoxy) is 1. The molecule has 4 aromatic rings. The molecule has 0 radical (unpaired) electrons. The molecule has 0 bridgehead atoms. The van der Waals surface area contributed by atoms with Crippen molar-refractivity contribution in [1.29, 1.82) is 0 Å². The Morgan fingerprint density at radius 1 is 1.18 bits per heavy atom. The molecule has 2 aromatic heterocycles. The van der Waals surface area contributed by atoms with Gasteiger partial charge in [-0.1, -0.05) is 59.9 Å². The largest absolute Gasteiger partial charge is 0.465 e. The van der Waals surface area contributed by atoms with Gasteiger partial charge in [0.1, 0.15) is 4.88 Å². The van der Waals surface area contributed by atoms with Gasteiger partial charge in [0.05, 0.1) is 19.0 Å². The first-order valence-corrected chi connectivity index (χ1v) is 9.50. The molecule has 0 unspecified atom stereocenters. The molecule has 0 aliphatic rings. The molecule has 4 rings (SSSR count). The summed E-state index contributed by atoms with van der Waals surface area (Å²) in [7, 11) is 1.36. The van der Waals surface area contributed by atoms with E-state index < -0.39 is 5.97 Å². The fraction of sp³-hybridized carbons (Fsp3) is 0.0952. The first-order chi connectivity index (χ1) is 13.7. The predicted octanol–water partition coefficient (Wildman–Crippen LogP) is 4.83. The van der Waals surface area contributed by atoms with Crippen LogP contribution in [0.15, 0.2) is 59.7 Å². The highest BCUT2D eigenvalue weighted by Gasteiger charge is 2.20. The third kappa shape index (κ3) is 3.39. The molecular formula is C21H18N4O2S. The Morgan fingerprint density at radius 2 is 1.93 bits per heavy atom. The number of hydrogen-bond acceptors (Lipinski definition) is 6. The second kappa shape index (κ2) is 7.66. The number of thiazole rings is 1. The maximum atomic E-state index is 12.2. The molecule has 6 nitrogen and oxygen atoms in total. The zero-order chi connectivity index (χ0) is 19.5. The monoisotopic (exact) mass is 390 g/mol. The Labute approximate surface area is 165 Å². The lowest BCUT2D eigenvalue weighted by Crippen LogP contribution is -2.00. The summed E-state index contributed by atoms with van der Waals surface area (Å²) < 4.78 is 4.90. The average molecular weight is 390 g/mol. The van der Waals surface area contributed by atoms with Crippen LogP contribution in [0.25, 0.3) is 22.2 Å². The topological polar surface area (TPSA) is 79.4 Å². The van der Waals surface area contributed by atoms with Crippen molar-refractivity contribution in [3.05, 3.63) is 70.7 Å². The lowest BCUT2D eigenvalue weighted by atomic mass is 10.1. The molecule has 0 saturated carbocycles. The van der Waals surface area contributed by atoms with Crippen molar-refractivity contribution in [3.8, 4) is 11.3 Å². The minimum absolute atomic E-state index is 0.416. The van der Waals surface area contributed by atoms with E-state index in [1.807, 2.05) is 61.5 Å². The van der Waals surface area contributed by atoms with E-state index >= 15 is 0 Å². The second-order valence-corrected chi connectivity index (χ2v) is 7.13. The number of nitrogens with zero attached hydrogens (tertiary/aromatic N) is 2. The van der Waals surface area contributed by atoms with E-state index in [4.69, 9.17) is 4.74 Å². The number of hydrogen-bond donors (Lipinski definition) is 2. The van der Waals surface area contributed by atoms with Crippen LogP contribution in [0.1, 0.15) is 20.9 Å². The molecule has 0 fully saturated rings. The number of rotatable bonds is 5. The number of esters is 1. The van der Waals surface area contributed by atoms with Gasteiger partial charge in [-0.15, -0.1) is 0 Å². The number of carbonyl (C=O) groups is 1. The number of fused-ring (bicyclic) bond motifs is 1. The molecule has 2 aromatic carbocycles. The van der Waals surface area contributed by atoms with E-state index in [1.54, 1.807) is 6.21 Å². The van der Waals surface area contributed by atoms with Gasteiger partial charge in [0, 0.05) is 27.7 Å². The molecule has 2 N–H and O–H groups in total. The minimum Gasteiger partial charge on any atom is -0.465 e. The summed E-state index contributed by atoms with van der Waals surface area (Å²) in [5, 5.41) is 5.95. The van der Waals surface area contributed by atoms with Crippen molar-refractivity contribution in [2.75, 3.05) is 12.5 Å². The molecule has 2 heterocycles. The van der Waals surface area contributed by atoms with Gasteiger partial charge in [0.15, 0.2) is 0 Å². The van der Waals surface area contributed by atoms with Crippen molar-refractivity contribution in [1.82, 2.24) is 9.97 Å². The van der Waals surface area contributed by atoms with Crippen LogP contribution in [0.3, 0.4) is 0 Å². The van der Waals surface area contributed by atoms with E-state index in [-0.39, 0.29) is 0 Å². The van der Waals surface area contributed by atoms with Gasteiger partial charge in [-0.05, 0) is 13.0 Å². The number of aromatic amines is 1. The van der Waals surface area contributed by atoms with Crippen LogP contribution in [-0.4, -0.2) is 29.3 Å². The van der Waals surface area contributed by atoms with Gasteiger partial charge in [0.2, 0.25) is 5.13 Å². The SMILES string of the molecule is COC(=O)c1sc(N/N=C\c2c(C)[nH]c3ccccc23)nc1-c1ccccc1. The summed E-state index contributed by atoms with van der Waals surface area (Å²) in [6.07, 6.45) is 1.76. The zero-order valence-corrected chi connectivity index (χ0v) is 16.2. The number of methoxy groups -OCH3 is 1. The van der Waals surface area contributed by atoms with Crippen molar-refractivity contribution in [3.63, 3.8) is 0 Å². The quantitative estimate of drug-likeness (QED) is 0.290. The van der Waals surface area contributed by atoms with E-state index in [2.05, 4.69) is 20.5 Å². The number of anilines is 1. The van der Waals surface area contributed by atoms with E-state index in [1.165, 1.54) is 18.4 Å². The summed E-state index contributed by atoms with van der Waals surface area (Å²) in [6.45, 7) is 2.01. The molecule has 0 spiro atoms. The van der Waals surface area contributed by atoms with E-state index in [0.717, 1.165) is 27.7 Å². The molecule has 0 aliphatic carbocycles. The number of benzene rings is 2. The highest BCUT2D eigenvalue weighted by molar-refractivity contribution is 7.17. The first kappa shape index (κ1) is 17.9. The molecule has 0 amide bonds. The molecule has 0 saturated heterocycles. The Bertz CT molecular complexity index is 1160. The van der Waals surface area contributed by atoms with Gasteiger partial charge in [-0.3, -0.25) is 5.43 Å². The first-order valence-electron chi connectivity index (χ1n) is 8.68. The Kier molecular flexibility index (Phi) is 4.90. The fourth-order valence-corrected chi connectivity index (χ4v) is 3.86. The summed E-state index contributed by atoms with van der Waals surface area (Å²) in [4.78, 5) is 20.5. The maximum absolute atomic E-state index is 12.2. The second-order valence-electron chi connectivity index (χ2n) is 6.13. The Hall–Kier alpha value is -3.45. The maximum Gasteiger partial charge on any atom is 0.350 e. The fourth-order valence-electron chi connectivity index (χ4n) is 3.01. The normalized spacial score (nSPS) is 11.2. The minimum atomic E-state index is -0.416. The van der Waals surface area contributed by atoms with Crippen LogP contribution in [0.2, 0.25) is 0 Å². The van der Waals surface area contributed by atoms with E-state index in [0.29, 0.717) is 15.7 Å². The number of aryl methyl sites for hydroxylation is 1. The standard InChI is InChI=1S/C21H18N4O2S/c1-13-16(15-10-6-7-11-17(15)23-13)12-22-25-21-24-18(14-8-4-3-5-9-14)19(28-21)20(26)27-2/h3-12,23H,1-2H3,(H,24,25)/b22-12-. The smallest absolute Gasteiger partial charge is 0.350 e. The zero-order valence-electron chi connectivity index (χ0n) is 15.4. The summed E-state index contributed by atoms with van der Waals surface area (Å²) >= 11 is 1.21. The highest BCUT2D eigenvalue weighted by atomic mass is 32.1. The Balaban J connectivity index is 1.63. The molecule has 0 aliphatic heterocycles. The van der Waals surface area contributed by atoms with Crippen molar-refractivity contribution in [2.45, 2.75) is 6.92 Å². The Morgan fingerprint density at radius 3 is 2.71 bits per heavy atom. The van der Waals surface area contributed by atoms with Gasteiger partial charge >= 0.3 is 5.97 Å². The number of carbonyl (C=O) groups excluding carboxylic acids is 1. The van der Waals surface area contributed by atoms with Crippen molar-refractivity contribution < 1.29 is 9.53 Å². The molecule has 140 valence electrons. The lowest BCUT2D eigenvalue weighted by molar-refractivity contribution is 0.0607. The van der Waals surface area contributed by atoms with Crippen LogP contribution in [0.4, 0.5) is 5.13 Å². The van der Waals surface area contributed by atoms with Gasteiger partial charge in [-0.25, -0.2) is 9.78 Å². The number of aromatic nitrogens is 2. The highest BCUT2D eigenvalue weighted by Crippen LogP contribution is 2.31. The van der Waals surface area contributed by atoms with Gasteiger partial charge < -0.3 is 9.72 Å². The number of para-hydroxylation sites is 1. The number of hydrazone groups is 1. The number of H-pyrrole nitrogens is 1. The third-order valence-corrected chi connectivity index (χ3v) is 5.28.